The van der Waals surface area contributed by atoms with Crippen molar-refractivity contribution in [1.29, 1.82) is 0 Å². The molecule has 3 nitrogen and oxygen atoms in total. The van der Waals surface area contributed by atoms with Gasteiger partial charge in [0.05, 0.1) is 20.6 Å². The minimum Gasteiger partial charge on any atom is -0.296 e. The number of nitrogens with zero attached hydrogens (tertiary/aromatic N) is 2. The number of imidazole rings is 1. The van der Waals surface area contributed by atoms with Crippen molar-refractivity contribution in [1.82, 2.24) is 9.38 Å². The molecule has 0 N–H and O–H groups in total. The summed E-state index contributed by atoms with van der Waals surface area (Å²) in [6.07, 6.45) is 0.850. The molecule has 0 saturated heterocycles. The second kappa shape index (κ2) is 5.76. The first-order valence-corrected chi connectivity index (χ1v) is 9.15. The third kappa shape index (κ3) is 2.40. The zero-order chi connectivity index (χ0) is 16.0. The van der Waals surface area contributed by atoms with E-state index in [2.05, 4.69) is 4.98 Å². The van der Waals surface area contributed by atoms with Crippen molar-refractivity contribution in [2.75, 3.05) is 0 Å². The normalized spacial score (nSPS) is 11.2. The van der Waals surface area contributed by atoms with Gasteiger partial charge in [-0.2, -0.15) is 0 Å². The van der Waals surface area contributed by atoms with E-state index in [0.717, 1.165) is 27.4 Å². The maximum atomic E-state index is 11.7. The smallest absolute Gasteiger partial charge is 0.195 e. The van der Waals surface area contributed by atoms with Crippen LogP contribution in [0.1, 0.15) is 10.5 Å². The van der Waals surface area contributed by atoms with Gasteiger partial charge < -0.3 is 0 Å². The number of hydrogen-bond acceptors (Lipinski definition) is 4. The van der Waals surface area contributed by atoms with Gasteiger partial charge in [0, 0.05) is 10.9 Å². The van der Waals surface area contributed by atoms with Crippen LogP contribution < -0.4 is 0 Å². The van der Waals surface area contributed by atoms with Crippen LogP contribution in [0, 0.1) is 0 Å². The van der Waals surface area contributed by atoms with Gasteiger partial charge in [-0.1, -0.05) is 35.3 Å². The predicted molar refractivity (Wildman–Crippen MR) is 97.2 cm³/mol. The lowest BCUT2D eigenvalue weighted by molar-refractivity contribution is 0.111. The molecule has 0 spiro atoms. The minimum absolute atomic E-state index is 0.481. The summed E-state index contributed by atoms with van der Waals surface area (Å²) >= 11 is 15.2. The molecule has 0 fully saturated rings. The molecule has 3 heterocycles. The van der Waals surface area contributed by atoms with Crippen LogP contribution in [-0.2, 0) is 0 Å². The standard InChI is InChI=1S/C16H8Cl2N2OS2/c17-10-4-3-9(6-11(10)18)13-8-23-16-19-15(12(7-21)20(13)16)14-2-1-5-22-14/h1-8H. The molecule has 4 rings (SSSR count). The van der Waals surface area contributed by atoms with E-state index in [4.69, 9.17) is 23.2 Å². The molecule has 1 aromatic carbocycles. The van der Waals surface area contributed by atoms with Crippen molar-refractivity contribution in [3.63, 3.8) is 0 Å². The largest absolute Gasteiger partial charge is 0.296 e. The number of carbonyl (C=O) groups is 1. The van der Waals surface area contributed by atoms with Crippen LogP contribution in [0.15, 0.2) is 41.1 Å². The number of aromatic nitrogens is 2. The molecule has 0 saturated carbocycles. The molecule has 0 radical (unpaired) electrons. The number of halogens is 2. The van der Waals surface area contributed by atoms with Crippen molar-refractivity contribution in [2.45, 2.75) is 0 Å². The first kappa shape index (κ1) is 14.9. The average Bonchev–Trinajstić information content (AvgIpc) is 3.24. The first-order chi connectivity index (χ1) is 11.2. The summed E-state index contributed by atoms with van der Waals surface area (Å²) in [5.41, 5.74) is 3.03. The molecule has 0 aliphatic heterocycles. The van der Waals surface area contributed by atoms with Gasteiger partial charge in [-0.05, 0) is 23.6 Å². The van der Waals surface area contributed by atoms with Crippen LogP contribution in [0.4, 0.5) is 0 Å². The highest BCUT2D eigenvalue weighted by atomic mass is 35.5. The third-order valence-electron chi connectivity index (χ3n) is 3.48. The van der Waals surface area contributed by atoms with E-state index in [1.807, 2.05) is 33.4 Å². The topological polar surface area (TPSA) is 34.4 Å². The molecule has 0 aliphatic rings. The summed E-state index contributed by atoms with van der Waals surface area (Å²) in [7, 11) is 0. The van der Waals surface area contributed by atoms with Gasteiger partial charge in [0.25, 0.3) is 0 Å². The molecule has 0 aliphatic carbocycles. The Balaban J connectivity index is 1.98. The molecule has 0 unspecified atom stereocenters. The van der Waals surface area contributed by atoms with Crippen molar-refractivity contribution in [2.24, 2.45) is 0 Å². The van der Waals surface area contributed by atoms with Crippen LogP contribution >= 0.6 is 45.9 Å². The van der Waals surface area contributed by atoms with Gasteiger partial charge in [-0.25, -0.2) is 4.98 Å². The number of hydrogen-bond donors (Lipinski definition) is 0. The molecule has 23 heavy (non-hydrogen) atoms. The fourth-order valence-electron chi connectivity index (χ4n) is 2.44. The van der Waals surface area contributed by atoms with Crippen molar-refractivity contribution < 1.29 is 4.79 Å². The van der Waals surface area contributed by atoms with E-state index in [1.165, 1.54) is 11.3 Å². The lowest BCUT2D eigenvalue weighted by Gasteiger charge is -2.03. The fraction of sp³-hybridized carbons (Fsp3) is 0. The number of aldehydes is 1. The number of benzene rings is 1. The first-order valence-electron chi connectivity index (χ1n) is 6.63. The summed E-state index contributed by atoms with van der Waals surface area (Å²) in [6.45, 7) is 0. The molecule has 114 valence electrons. The maximum absolute atomic E-state index is 11.7. The molecule has 0 amide bonds. The van der Waals surface area contributed by atoms with Gasteiger partial charge >= 0.3 is 0 Å². The highest BCUT2D eigenvalue weighted by Gasteiger charge is 2.19. The second-order valence-corrected chi connectivity index (χ2v) is 7.41. The molecule has 0 atom stereocenters. The Hall–Kier alpha value is -1.66. The number of rotatable bonds is 3. The van der Waals surface area contributed by atoms with E-state index in [1.54, 1.807) is 23.5 Å². The van der Waals surface area contributed by atoms with Gasteiger partial charge in [-0.3, -0.25) is 9.20 Å². The van der Waals surface area contributed by atoms with Crippen LogP contribution in [0.2, 0.25) is 10.0 Å². The molecule has 0 bridgehead atoms. The van der Waals surface area contributed by atoms with Crippen LogP contribution in [0.5, 0.6) is 0 Å². The molecule has 7 heteroatoms. The van der Waals surface area contributed by atoms with Gasteiger partial charge in [0.15, 0.2) is 11.2 Å². The van der Waals surface area contributed by atoms with E-state index >= 15 is 0 Å². The molecule has 4 aromatic rings. The molecular weight excluding hydrogens is 371 g/mol. The summed E-state index contributed by atoms with van der Waals surface area (Å²) < 4.78 is 1.87. The minimum atomic E-state index is 0.481. The monoisotopic (exact) mass is 378 g/mol. The highest BCUT2D eigenvalue weighted by molar-refractivity contribution is 7.15. The van der Waals surface area contributed by atoms with Crippen LogP contribution in [0.3, 0.4) is 0 Å². The Morgan fingerprint density at radius 2 is 2.00 bits per heavy atom. The van der Waals surface area contributed by atoms with E-state index in [-0.39, 0.29) is 0 Å². The summed E-state index contributed by atoms with van der Waals surface area (Å²) in [5, 5.41) is 4.92. The second-order valence-electron chi connectivity index (χ2n) is 4.81. The highest BCUT2D eigenvalue weighted by Crippen LogP contribution is 2.35. The van der Waals surface area contributed by atoms with Gasteiger partial charge in [-0.15, -0.1) is 22.7 Å². The van der Waals surface area contributed by atoms with Gasteiger partial charge in [0.2, 0.25) is 0 Å². The zero-order valence-electron chi connectivity index (χ0n) is 11.5. The quantitative estimate of drug-likeness (QED) is 0.415. The summed E-state index contributed by atoms with van der Waals surface area (Å²) in [6, 6.07) is 9.34. The van der Waals surface area contributed by atoms with Crippen LogP contribution in [-0.4, -0.2) is 15.7 Å². The van der Waals surface area contributed by atoms with Gasteiger partial charge in [0.1, 0.15) is 11.4 Å². The number of fused-ring (bicyclic) bond motifs is 1. The van der Waals surface area contributed by atoms with E-state index in [9.17, 15) is 4.79 Å². The maximum Gasteiger partial charge on any atom is 0.195 e. The average molecular weight is 379 g/mol. The van der Waals surface area contributed by atoms with E-state index in [0.29, 0.717) is 21.4 Å². The Kier molecular flexibility index (Phi) is 3.73. The van der Waals surface area contributed by atoms with Crippen molar-refractivity contribution in [3.05, 3.63) is 56.8 Å². The predicted octanol–water partition coefficient (Wildman–Crippen LogP) is 5.91. The Labute approximate surface area is 149 Å². The number of thiophene rings is 1. The van der Waals surface area contributed by atoms with Crippen molar-refractivity contribution in [3.8, 4) is 21.8 Å². The molecule has 3 aromatic heterocycles. The van der Waals surface area contributed by atoms with Crippen LogP contribution in [0.25, 0.3) is 26.8 Å². The summed E-state index contributed by atoms with van der Waals surface area (Å²) in [4.78, 5) is 18.1. The fourth-order valence-corrected chi connectivity index (χ4v) is 4.37. The summed E-state index contributed by atoms with van der Waals surface area (Å²) in [5.74, 6) is 0. The zero-order valence-corrected chi connectivity index (χ0v) is 14.6. The Morgan fingerprint density at radius 3 is 2.70 bits per heavy atom. The molecular formula is C16H8Cl2N2OS2. The third-order valence-corrected chi connectivity index (χ3v) is 5.92. The number of thiazole rings is 1. The van der Waals surface area contributed by atoms with E-state index < -0.39 is 0 Å². The lowest BCUT2D eigenvalue weighted by Crippen LogP contribution is -1.93. The SMILES string of the molecule is O=Cc1c(-c2cccs2)nc2scc(-c3ccc(Cl)c(Cl)c3)n12. The van der Waals surface area contributed by atoms with Crippen molar-refractivity contribution >= 4 is 57.1 Å². The Bertz CT molecular complexity index is 1020. The lowest BCUT2D eigenvalue weighted by atomic mass is 10.1. The Morgan fingerprint density at radius 1 is 1.13 bits per heavy atom. The number of carbonyl (C=O) groups excluding carboxylic acids is 1.